The summed E-state index contributed by atoms with van der Waals surface area (Å²) in [5, 5.41) is 1.64. The van der Waals surface area contributed by atoms with E-state index in [1.807, 2.05) is 60.7 Å². The summed E-state index contributed by atoms with van der Waals surface area (Å²) in [6.45, 7) is 0. The Bertz CT molecular complexity index is 2460. The van der Waals surface area contributed by atoms with Crippen LogP contribution in [0.25, 0.3) is 41.4 Å². The van der Waals surface area contributed by atoms with Gasteiger partial charge in [-0.05, 0) is 101 Å². The molecule has 8 aromatic rings. The molecule has 50 heavy (non-hydrogen) atoms. The van der Waals surface area contributed by atoms with Crippen molar-refractivity contribution >= 4 is 68.0 Å². The lowest BCUT2D eigenvalue weighted by atomic mass is 9.90. The number of carbonyl (C=O) groups excluding carboxylic acids is 2. The monoisotopic (exact) mass is 680 g/mol. The second-order valence-corrected chi connectivity index (χ2v) is 14.2. The van der Waals surface area contributed by atoms with Gasteiger partial charge in [-0.25, -0.2) is 4.90 Å². The first-order valence-electron chi connectivity index (χ1n) is 16.3. The zero-order valence-electron chi connectivity index (χ0n) is 26.7. The van der Waals surface area contributed by atoms with Crippen molar-refractivity contribution in [1.82, 2.24) is 0 Å². The first kappa shape index (κ1) is 30.0. The molecule has 2 aromatic heterocycles. The standard InChI is InChI=1S/C44H28N2O2S2/c47-43-36-18-10-17-35-34(23-24-37(42(35)36)44(48)46(43)32-15-8-3-9-16-32)39-26-28-41(50-39)40-27-25-38(49-40)29-19-21-33(22-20-29)45(30-11-4-1-5-12-30)31-13-6-2-7-14-31/h1-28H. The Balaban J connectivity index is 1.01. The molecule has 2 amide bonds. The van der Waals surface area contributed by atoms with Crippen LogP contribution in [0.5, 0.6) is 0 Å². The molecule has 0 radical (unpaired) electrons. The third-order valence-electron chi connectivity index (χ3n) is 9.08. The highest BCUT2D eigenvalue weighted by Crippen LogP contribution is 2.44. The number of hydrogen-bond donors (Lipinski definition) is 0. The van der Waals surface area contributed by atoms with E-state index in [9.17, 15) is 9.59 Å². The number of benzene rings is 6. The van der Waals surface area contributed by atoms with Crippen molar-refractivity contribution in [2.24, 2.45) is 0 Å². The molecular weight excluding hydrogens is 653 g/mol. The van der Waals surface area contributed by atoms with Crippen LogP contribution in [0.4, 0.5) is 22.7 Å². The molecule has 0 saturated carbocycles. The number of nitrogens with zero attached hydrogens (tertiary/aromatic N) is 2. The average molecular weight is 681 g/mol. The van der Waals surface area contributed by atoms with Gasteiger partial charge in [0.2, 0.25) is 0 Å². The van der Waals surface area contributed by atoms with Crippen LogP contribution >= 0.6 is 22.7 Å². The first-order valence-corrected chi connectivity index (χ1v) is 18.0. The lowest BCUT2D eigenvalue weighted by Crippen LogP contribution is -2.40. The van der Waals surface area contributed by atoms with Crippen molar-refractivity contribution in [2.45, 2.75) is 0 Å². The molecule has 0 atom stereocenters. The third-order valence-corrected chi connectivity index (χ3v) is 11.5. The van der Waals surface area contributed by atoms with Gasteiger partial charge in [0.15, 0.2) is 0 Å². The molecule has 0 N–H and O–H groups in total. The molecule has 238 valence electrons. The van der Waals surface area contributed by atoms with Gasteiger partial charge in [-0.2, -0.15) is 0 Å². The molecular formula is C44H28N2O2S2. The molecule has 0 fully saturated rings. The molecule has 0 spiro atoms. The Morgan fingerprint density at radius 2 is 0.900 bits per heavy atom. The quantitative estimate of drug-likeness (QED) is 0.157. The lowest BCUT2D eigenvalue weighted by molar-refractivity contribution is 0.0893. The lowest BCUT2D eigenvalue weighted by Gasteiger charge is -2.27. The molecule has 1 aliphatic rings. The smallest absolute Gasteiger partial charge is 0.265 e. The number of imide groups is 1. The fourth-order valence-electron chi connectivity index (χ4n) is 6.74. The van der Waals surface area contributed by atoms with Crippen LogP contribution in [0.2, 0.25) is 0 Å². The van der Waals surface area contributed by atoms with Gasteiger partial charge in [-0.1, -0.05) is 84.9 Å². The number of amides is 2. The fraction of sp³-hybridized carbons (Fsp3) is 0. The van der Waals surface area contributed by atoms with Gasteiger partial charge >= 0.3 is 0 Å². The highest BCUT2D eigenvalue weighted by molar-refractivity contribution is 7.25. The summed E-state index contributed by atoms with van der Waals surface area (Å²) < 4.78 is 0. The van der Waals surface area contributed by atoms with Gasteiger partial charge < -0.3 is 4.90 Å². The van der Waals surface area contributed by atoms with Crippen LogP contribution in [0, 0.1) is 0 Å². The summed E-state index contributed by atoms with van der Waals surface area (Å²) >= 11 is 3.50. The second-order valence-electron chi connectivity index (χ2n) is 12.1. The minimum Gasteiger partial charge on any atom is -0.311 e. The van der Waals surface area contributed by atoms with Crippen LogP contribution in [-0.2, 0) is 0 Å². The zero-order chi connectivity index (χ0) is 33.6. The highest BCUT2D eigenvalue weighted by Gasteiger charge is 2.34. The van der Waals surface area contributed by atoms with Crippen molar-refractivity contribution < 1.29 is 9.59 Å². The summed E-state index contributed by atoms with van der Waals surface area (Å²) in [5.74, 6) is -0.592. The van der Waals surface area contributed by atoms with E-state index in [2.05, 4.69) is 102 Å². The molecule has 6 heteroatoms. The van der Waals surface area contributed by atoms with Crippen molar-refractivity contribution in [1.29, 1.82) is 0 Å². The second kappa shape index (κ2) is 12.4. The minimum absolute atomic E-state index is 0.296. The Morgan fingerprint density at radius 1 is 0.400 bits per heavy atom. The van der Waals surface area contributed by atoms with Crippen LogP contribution < -0.4 is 9.80 Å². The zero-order valence-corrected chi connectivity index (χ0v) is 28.3. The van der Waals surface area contributed by atoms with E-state index in [1.165, 1.54) is 25.1 Å². The average Bonchev–Trinajstić information content (AvgIpc) is 3.87. The van der Waals surface area contributed by atoms with E-state index in [0.717, 1.165) is 38.3 Å². The van der Waals surface area contributed by atoms with Gasteiger partial charge in [0.25, 0.3) is 11.8 Å². The summed E-state index contributed by atoms with van der Waals surface area (Å²) in [6.07, 6.45) is 0. The van der Waals surface area contributed by atoms with Crippen LogP contribution in [0.3, 0.4) is 0 Å². The summed E-state index contributed by atoms with van der Waals surface area (Å²) in [7, 11) is 0. The predicted octanol–water partition coefficient (Wildman–Crippen LogP) is 12.2. The molecule has 0 aliphatic carbocycles. The van der Waals surface area contributed by atoms with E-state index in [0.29, 0.717) is 16.8 Å². The maximum Gasteiger partial charge on any atom is 0.265 e. The van der Waals surface area contributed by atoms with Crippen molar-refractivity contribution in [3.8, 4) is 30.6 Å². The summed E-state index contributed by atoms with van der Waals surface area (Å²) in [4.78, 5) is 35.5. The molecule has 9 rings (SSSR count). The fourth-order valence-corrected chi connectivity index (χ4v) is 8.89. The number of thiophene rings is 2. The number of hydrogen-bond acceptors (Lipinski definition) is 5. The van der Waals surface area contributed by atoms with E-state index in [4.69, 9.17) is 0 Å². The van der Waals surface area contributed by atoms with Gasteiger partial charge in [0.05, 0.1) is 5.69 Å². The van der Waals surface area contributed by atoms with Gasteiger partial charge in [0.1, 0.15) is 0 Å². The minimum atomic E-state index is -0.296. The normalized spacial score (nSPS) is 12.4. The largest absolute Gasteiger partial charge is 0.311 e. The Morgan fingerprint density at radius 3 is 1.54 bits per heavy atom. The van der Waals surface area contributed by atoms with Gasteiger partial charge in [0, 0.05) is 53.1 Å². The van der Waals surface area contributed by atoms with E-state index < -0.39 is 0 Å². The molecule has 0 unspecified atom stereocenters. The van der Waals surface area contributed by atoms with E-state index in [1.54, 1.807) is 34.8 Å². The number of rotatable bonds is 7. The molecule has 1 aliphatic heterocycles. The first-order chi connectivity index (χ1) is 24.6. The third kappa shape index (κ3) is 5.13. The topological polar surface area (TPSA) is 40.6 Å². The van der Waals surface area contributed by atoms with Crippen LogP contribution in [0.1, 0.15) is 20.7 Å². The van der Waals surface area contributed by atoms with Gasteiger partial charge in [-0.3, -0.25) is 9.59 Å². The van der Waals surface area contributed by atoms with Crippen molar-refractivity contribution in [3.63, 3.8) is 0 Å². The van der Waals surface area contributed by atoms with Crippen molar-refractivity contribution in [3.05, 3.63) is 181 Å². The highest BCUT2D eigenvalue weighted by atomic mass is 32.1. The SMILES string of the molecule is O=C1c2cccc3c(-c4ccc(-c5ccc(-c6ccc(N(c7ccccc7)c7ccccc7)cc6)s5)s4)ccc(c23)C(=O)N1c1ccccc1. The Labute approximate surface area is 297 Å². The number of anilines is 4. The van der Waals surface area contributed by atoms with Crippen LogP contribution in [-0.4, -0.2) is 11.8 Å². The molecule has 0 bridgehead atoms. The molecule has 3 heterocycles. The number of carbonyl (C=O) groups is 2. The maximum absolute atomic E-state index is 13.7. The summed E-state index contributed by atoms with van der Waals surface area (Å²) in [6, 6.07) is 57.1. The Kier molecular flexibility index (Phi) is 7.46. The van der Waals surface area contributed by atoms with Gasteiger partial charge in [-0.15, -0.1) is 22.7 Å². The van der Waals surface area contributed by atoms with E-state index in [-0.39, 0.29) is 11.8 Å². The molecule has 4 nitrogen and oxygen atoms in total. The maximum atomic E-state index is 13.7. The molecule has 6 aromatic carbocycles. The van der Waals surface area contributed by atoms with E-state index >= 15 is 0 Å². The predicted molar refractivity (Wildman–Crippen MR) is 208 cm³/mol. The Hall–Kier alpha value is -6.08. The van der Waals surface area contributed by atoms with Crippen molar-refractivity contribution in [2.75, 3.05) is 9.80 Å². The summed E-state index contributed by atoms with van der Waals surface area (Å²) in [5.41, 5.74) is 7.18. The number of para-hydroxylation sites is 3. The van der Waals surface area contributed by atoms with Crippen LogP contribution in [0.15, 0.2) is 170 Å². The molecule has 0 saturated heterocycles.